The van der Waals surface area contributed by atoms with Crippen LogP contribution in [-0.2, 0) is 9.59 Å². The van der Waals surface area contributed by atoms with E-state index in [1.54, 1.807) is 54.6 Å². The molecule has 0 saturated heterocycles. The van der Waals surface area contributed by atoms with E-state index in [9.17, 15) is 14.4 Å². The minimum atomic E-state index is -1.06. The number of rotatable bonds is 9. The summed E-state index contributed by atoms with van der Waals surface area (Å²) in [6, 6.07) is 14.9. The lowest BCUT2D eigenvalue weighted by atomic mass is 10.0. The number of aliphatic carboxylic acids is 1. The Labute approximate surface area is 198 Å². The lowest BCUT2D eigenvalue weighted by Gasteiger charge is -2.17. The van der Waals surface area contributed by atoms with Gasteiger partial charge in [0.1, 0.15) is 0 Å². The van der Waals surface area contributed by atoms with Crippen molar-refractivity contribution in [2.45, 2.75) is 12.5 Å². The number of carboxylic acids is 1. The Kier molecular flexibility index (Phi) is 8.13. The average molecular weight is 482 g/mol. The number of hydrogen-bond donors (Lipinski definition) is 6. The Morgan fingerprint density at radius 3 is 2.59 bits per heavy atom. The Morgan fingerprint density at radius 1 is 1.12 bits per heavy atom. The van der Waals surface area contributed by atoms with Crippen molar-refractivity contribution >= 4 is 51.5 Å². The largest absolute Gasteiger partial charge is 0.481 e. The fourth-order valence-electron chi connectivity index (χ4n) is 2.98. The maximum Gasteiger partial charge on any atom is 0.305 e. The van der Waals surface area contributed by atoms with Crippen molar-refractivity contribution in [3.63, 3.8) is 0 Å². The normalized spacial score (nSPS) is 11.9. The van der Waals surface area contributed by atoms with E-state index in [0.29, 0.717) is 16.9 Å². The second-order valence-electron chi connectivity index (χ2n) is 7.06. The fourth-order valence-corrected chi connectivity index (χ4v) is 3.64. The van der Waals surface area contributed by atoms with Crippen LogP contribution in [0.5, 0.6) is 0 Å². The second-order valence-corrected chi connectivity index (χ2v) is 7.90. The van der Waals surface area contributed by atoms with Gasteiger partial charge in [0.2, 0.25) is 5.91 Å². The molecule has 0 bridgehead atoms. The number of hydrogen-bond acceptors (Lipinski definition) is 7. The molecule has 0 aliphatic carbocycles. The molecule has 1 unspecified atom stereocenters. The van der Waals surface area contributed by atoms with Gasteiger partial charge >= 0.3 is 5.97 Å². The van der Waals surface area contributed by atoms with Crippen LogP contribution in [0, 0.1) is 0 Å². The van der Waals surface area contributed by atoms with Gasteiger partial charge < -0.3 is 32.5 Å². The van der Waals surface area contributed by atoms with Gasteiger partial charge in [-0.25, -0.2) is 9.98 Å². The molecule has 8 N–H and O–H groups in total. The summed E-state index contributed by atoms with van der Waals surface area (Å²) in [5, 5.41) is 17.4. The minimum Gasteiger partial charge on any atom is -0.481 e. The minimum absolute atomic E-state index is 0.000251. The number of aromatic nitrogens is 1. The molecule has 34 heavy (non-hydrogen) atoms. The fraction of sp³-hybridized carbons (Fsp3) is 0.136. The number of carbonyl (C=O) groups is 3. The standard InChI is InChI=1S/C22H23N7O4S/c23-14-7-4-8-15(9-14)27-22(24)29-21-19(26-12-34-21)20(33)25-11-17(30)28-16(10-18(31)32)13-5-2-1-3-6-13/h1-9,12,16H,10-11,23H2,(H,25,33)(H,28,30)(H,31,32)(H3,24,27,29). The summed E-state index contributed by atoms with van der Waals surface area (Å²) in [5.41, 5.74) is 14.9. The van der Waals surface area contributed by atoms with E-state index >= 15 is 0 Å². The first-order valence-corrected chi connectivity index (χ1v) is 10.9. The topological polar surface area (TPSA) is 185 Å². The van der Waals surface area contributed by atoms with Crippen LogP contribution in [0.2, 0.25) is 0 Å². The van der Waals surface area contributed by atoms with Crippen LogP contribution >= 0.6 is 11.3 Å². The third-order valence-corrected chi connectivity index (χ3v) is 5.19. The molecule has 2 amide bonds. The molecule has 1 aromatic heterocycles. The smallest absolute Gasteiger partial charge is 0.305 e. The average Bonchev–Trinajstić information content (AvgIpc) is 3.25. The first-order chi connectivity index (χ1) is 16.3. The highest BCUT2D eigenvalue weighted by molar-refractivity contribution is 7.14. The number of carboxylic acid groups (broad SMARTS) is 1. The van der Waals surface area contributed by atoms with E-state index in [2.05, 4.69) is 25.9 Å². The molecular weight excluding hydrogens is 458 g/mol. The number of nitrogen functional groups attached to an aromatic ring is 1. The van der Waals surface area contributed by atoms with Gasteiger partial charge in [0.05, 0.1) is 24.5 Å². The molecule has 11 nitrogen and oxygen atoms in total. The molecule has 0 aliphatic heterocycles. The van der Waals surface area contributed by atoms with Crippen molar-refractivity contribution in [3.05, 3.63) is 71.4 Å². The van der Waals surface area contributed by atoms with Crippen molar-refractivity contribution in [2.75, 3.05) is 17.6 Å². The first kappa shape index (κ1) is 24.2. The van der Waals surface area contributed by atoms with Crippen LogP contribution < -0.4 is 27.4 Å². The zero-order chi connectivity index (χ0) is 24.5. The molecule has 12 heteroatoms. The summed E-state index contributed by atoms with van der Waals surface area (Å²) < 4.78 is 0. The van der Waals surface area contributed by atoms with Crippen LogP contribution in [0.3, 0.4) is 0 Å². The number of amides is 2. The third kappa shape index (κ3) is 7.03. The van der Waals surface area contributed by atoms with Gasteiger partial charge in [-0.3, -0.25) is 14.4 Å². The molecule has 0 saturated carbocycles. The summed E-state index contributed by atoms with van der Waals surface area (Å²) in [7, 11) is 0. The number of nitrogens with one attached hydrogen (secondary N) is 3. The van der Waals surface area contributed by atoms with Crippen molar-refractivity contribution in [2.24, 2.45) is 10.7 Å². The zero-order valence-electron chi connectivity index (χ0n) is 17.9. The van der Waals surface area contributed by atoms with Gasteiger partial charge in [-0.2, -0.15) is 0 Å². The van der Waals surface area contributed by atoms with E-state index in [1.807, 2.05) is 0 Å². The molecule has 3 aromatic rings. The van der Waals surface area contributed by atoms with Gasteiger partial charge in [-0.05, 0) is 23.8 Å². The lowest BCUT2D eigenvalue weighted by Crippen LogP contribution is -2.39. The van der Waals surface area contributed by atoms with Crippen LogP contribution in [-0.4, -0.2) is 40.4 Å². The van der Waals surface area contributed by atoms with Gasteiger partial charge in [0, 0.05) is 11.4 Å². The van der Waals surface area contributed by atoms with Crippen LogP contribution in [0.15, 0.2) is 65.1 Å². The predicted molar refractivity (Wildman–Crippen MR) is 130 cm³/mol. The summed E-state index contributed by atoms with van der Waals surface area (Å²) in [4.78, 5) is 44.3. The number of aliphatic imine (C=N–C) groups is 1. The van der Waals surface area contributed by atoms with Gasteiger partial charge in [0.15, 0.2) is 16.7 Å². The molecule has 0 spiro atoms. The predicted octanol–water partition coefficient (Wildman–Crippen LogP) is 1.85. The number of nitrogens with two attached hydrogens (primary N) is 2. The first-order valence-electron chi connectivity index (χ1n) is 10.1. The number of benzene rings is 2. The maximum atomic E-state index is 12.6. The number of anilines is 2. The Bertz CT molecular complexity index is 1200. The summed E-state index contributed by atoms with van der Waals surface area (Å²) in [5.74, 6) is -2.21. The number of carbonyl (C=O) groups excluding carboxylic acids is 2. The zero-order valence-corrected chi connectivity index (χ0v) is 18.7. The summed E-state index contributed by atoms with van der Waals surface area (Å²) in [6.07, 6.45) is -0.298. The monoisotopic (exact) mass is 481 g/mol. The summed E-state index contributed by atoms with van der Waals surface area (Å²) in [6.45, 7) is -0.376. The molecule has 0 radical (unpaired) electrons. The van der Waals surface area contributed by atoms with Crippen molar-refractivity contribution < 1.29 is 19.5 Å². The van der Waals surface area contributed by atoms with E-state index < -0.39 is 23.8 Å². The molecule has 2 aromatic carbocycles. The van der Waals surface area contributed by atoms with E-state index in [0.717, 1.165) is 11.3 Å². The van der Waals surface area contributed by atoms with E-state index in [4.69, 9.17) is 16.6 Å². The van der Waals surface area contributed by atoms with Gasteiger partial charge in [-0.1, -0.05) is 36.4 Å². The Balaban J connectivity index is 1.60. The molecular formula is C22H23N7O4S. The highest BCUT2D eigenvalue weighted by Gasteiger charge is 2.20. The van der Waals surface area contributed by atoms with Crippen LogP contribution in [0.4, 0.5) is 16.4 Å². The van der Waals surface area contributed by atoms with Gasteiger partial charge in [-0.15, -0.1) is 11.3 Å². The molecule has 1 heterocycles. The highest BCUT2D eigenvalue weighted by Crippen LogP contribution is 2.24. The molecule has 1 atom stereocenters. The number of nitrogens with zero attached hydrogens (tertiary/aromatic N) is 2. The second kappa shape index (κ2) is 11.4. The highest BCUT2D eigenvalue weighted by atomic mass is 32.1. The number of guanidine groups is 1. The van der Waals surface area contributed by atoms with Crippen molar-refractivity contribution in [1.82, 2.24) is 15.6 Å². The SMILES string of the molecule is N/C(=N\c1scnc1C(=O)NCC(=O)NC(CC(=O)O)c1ccccc1)Nc1cccc(N)c1. The maximum absolute atomic E-state index is 12.6. The van der Waals surface area contributed by atoms with Crippen LogP contribution in [0.25, 0.3) is 0 Å². The van der Waals surface area contributed by atoms with Gasteiger partial charge in [0.25, 0.3) is 5.91 Å². The quantitative estimate of drug-likeness (QED) is 0.152. The summed E-state index contributed by atoms with van der Waals surface area (Å²) >= 11 is 1.10. The van der Waals surface area contributed by atoms with Crippen molar-refractivity contribution in [1.29, 1.82) is 0 Å². The Morgan fingerprint density at radius 2 is 1.88 bits per heavy atom. The van der Waals surface area contributed by atoms with Crippen LogP contribution in [0.1, 0.15) is 28.5 Å². The number of thiazole rings is 1. The molecule has 0 fully saturated rings. The molecule has 0 aliphatic rings. The molecule has 176 valence electrons. The Hall–Kier alpha value is -4.45. The lowest BCUT2D eigenvalue weighted by molar-refractivity contribution is -0.137. The van der Waals surface area contributed by atoms with E-state index in [-0.39, 0.29) is 29.6 Å². The van der Waals surface area contributed by atoms with Crippen molar-refractivity contribution in [3.8, 4) is 0 Å². The third-order valence-electron chi connectivity index (χ3n) is 4.47. The van der Waals surface area contributed by atoms with E-state index in [1.165, 1.54) is 5.51 Å². The molecule has 3 rings (SSSR count).